The summed E-state index contributed by atoms with van der Waals surface area (Å²) in [4.78, 5) is 40.7. The standard InChI is InChI=1S/C11H16N2.2C4H4O4/c1-2-4-11(5-3-1)10-13-8-6-12-7-9-13;2*5-3(6)1-2-4(7)8/h1-5,12H,6-10H2;2*1-2H,(H,5,6)(H,7,8). The maximum Gasteiger partial charge on any atom is 0.328 e. The highest BCUT2D eigenvalue weighted by atomic mass is 16.4. The van der Waals surface area contributed by atoms with Crippen LogP contribution >= 0.6 is 0 Å². The van der Waals surface area contributed by atoms with Gasteiger partial charge in [-0.25, -0.2) is 19.2 Å². The molecule has 158 valence electrons. The van der Waals surface area contributed by atoms with Crippen LogP contribution in [0.25, 0.3) is 0 Å². The van der Waals surface area contributed by atoms with Gasteiger partial charge in [0, 0.05) is 57.0 Å². The molecule has 0 saturated carbocycles. The molecule has 0 unspecified atom stereocenters. The van der Waals surface area contributed by atoms with E-state index in [1.165, 1.54) is 18.7 Å². The predicted molar refractivity (Wildman–Crippen MR) is 103 cm³/mol. The molecule has 0 atom stereocenters. The summed E-state index contributed by atoms with van der Waals surface area (Å²) >= 11 is 0. The number of nitrogens with one attached hydrogen (secondary N) is 1. The Kier molecular flexibility index (Phi) is 13.7. The second-order valence-electron chi connectivity index (χ2n) is 5.53. The molecule has 0 aliphatic carbocycles. The van der Waals surface area contributed by atoms with Gasteiger partial charge in [-0.3, -0.25) is 4.90 Å². The Morgan fingerprint density at radius 3 is 1.48 bits per heavy atom. The van der Waals surface area contributed by atoms with E-state index >= 15 is 0 Å². The minimum atomic E-state index is -1.26. The molecule has 5 N–H and O–H groups in total. The Morgan fingerprint density at radius 1 is 0.759 bits per heavy atom. The first kappa shape index (κ1) is 25.5. The summed E-state index contributed by atoms with van der Waals surface area (Å²) in [7, 11) is 0. The number of hydrogen-bond acceptors (Lipinski definition) is 6. The zero-order chi connectivity index (χ0) is 22.1. The van der Waals surface area contributed by atoms with E-state index in [9.17, 15) is 19.2 Å². The second-order valence-corrected chi connectivity index (χ2v) is 5.53. The normalized spacial score (nSPS) is 13.7. The zero-order valence-corrected chi connectivity index (χ0v) is 15.6. The summed E-state index contributed by atoms with van der Waals surface area (Å²) in [5.74, 6) is -5.03. The molecule has 1 aliphatic heterocycles. The quantitative estimate of drug-likeness (QED) is 0.419. The predicted octanol–water partition coefficient (Wildman–Crippen LogP) is 0.515. The van der Waals surface area contributed by atoms with E-state index in [0.717, 1.165) is 19.6 Å². The molecule has 1 fully saturated rings. The van der Waals surface area contributed by atoms with Crippen LogP contribution in [0.2, 0.25) is 0 Å². The molecule has 1 aromatic carbocycles. The van der Waals surface area contributed by atoms with Gasteiger partial charge in [-0.05, 0) is 5.56 Å². The van der Waals surface area contributed by atoms with Crippen LogP contribution in [0.5, 0.6) is 0 Å². The highest BCUT2D eigenvalue weighted by Gasteiger charge is 2.08. The molecule has 10 nitrogen and oxygen atoms in total. The number of hydrogen-bond donors (Lipinski definition) is 5. The van der Waals surface area contributed by atoms with Crippen LogP contribution in [0.4, 0.5) is 0 Å². The lowest BCUT2D eigenvalue weighted by molar-refractivity contribution is -0.134. The van der Waals surface area contributed by atoms with Gasteiger partial charge in [0.25, 0.3) is 0 Å². The second kappa shape index (κ2) is 15.5. The van der Waals surface area contributed by atoms with Crippen molar-refractivity contribution in [2.24, 2.45) is 0 Å². The van der Waals surface area contributed by atoms with E-state index in [1.807, 2.05) is 0 Å². The van der Waals surface area contributed by atoms with Crippen molar-refractivity contribution >= 4 is 23.9 Å². The van der Waals surface area contributed by atoms with Gasteiger partial charge in [0.1, 0.15) is 0 Å². The number of carbonyl (C=O) groups is 4. The largest absolute Gasteiger partial charge is 0.478 e. The monoisotopic (exact) mass is 408 g/mol. The van der Waals surface area contributed by atoms with Crippen LogP contribution in [0.15, 0.2) is 54.6 Å². The third-order valence-corrected chi connectivity index (χ3v) is 3.20. The van der Waals surface area contributed by atoms with Crippen molar-refractivity contribution in [3.63, 3.8) is 0 Å². The van der Waals surface area contributed by atoms with Gasteiger partial charge >= 0.3 is 23.9 Å². The fraction of sp³-hybridized carbons (Fsp3) is 0.263. The van der Waals surface area contributed by atoms with Crippen LogP contribution in [-0.4, -0.2) is 75.4 Å². The number of rotatable bonds is 6. The maximum absolute atomic E-state index is 9.55. The first-order valence-corrected chi connectivity index (χ1v) is 8.45. The van der Waals surface area contributed by atoms with Gasteiger partial charge < -0.3 is 25.7 Å². The first-order valence-electron chi connectivity index (χ1n) is 8.45. The van der Waals surface area contributed by atoms with Crippen LogP contribution in [0.3, 0.4) is 0 Å². The number of nitrogens with zero attached hydrogens (tertiary/aromatic N) is 1. The lowest BCUT2D eigenvalue weighted by Gasteiger charge is -2.27. The van der Waals surface area contributed by atoms with E-state index in [2.05, 4.69) is 40.5 Å². The number of carboxylic acid groups (broad SMARTS) is 4. The highest BCUT2D eigenvalue weighted by molar-refractivity contribution is 5.90. The molecule has 1 saturated heterocycles. The summed E-state index contributed by atoms with van der Waals surface area (Å²) in [5, 5.41) is 34.6. The van der Waals surface area contributed by atoms with Crippen molar-refractivity contribution < 1.29 is 39.6 Å². The van der Waals surface area contributed by atoms with Crippen LogP contribution in [0, 0.1) is 0 Å². The maximum atomic E-state index is 9.55. The number of carboxylic acids is 4. The Bertz CT molecular complexity index is 644. The third kappa shape index (κ3) is 17.7. The number of aliphatic carboxylic acids is 4. The molecule has 0 amide bonds. The minimum absolute atomic E-state index is 0.558. The van der Waals surface area contributed by atoms with Crippen molar-refractivity contribution in [2.75, 3.05) is 26.2 Å². The Morgan fingerprint density at radius 2 is 1.14 bits per heavy atom. The van der Waals surface area contributed by atoms with Crippen LogP contribution in [-0.2, 0) is 25.7 Å². The van der Waals surface area contributed by atoms with Gasteiger partial charge in [0.15, 0.2) is 0 Å². The van der Waals surface area contributed by atoms with Crippen molar-refractivity contribution in [1.82, 2.24) is 10.2 Å². The highest BCUT2D eigenvalue weighted by Crippen LogP contribution is 2.04. The van der Waals surface area contributed by atoms with Gasteiger partial charge in [-0.1, -0.05) is 30.3 Å². The van der Waals surface area contributed by atoms with Gasteiger partial charge in [-0.2, -0.15) is 0 Å². The molecule has 1 aliphatic rings. The SMILES string of the molecule is O=C(O)C=CC(=O)O.O=C(O)C=CC(=O)O.c1ccc(CN2CCNCC2)cc1. The Labute approximate surface area is 167 Å². The average molecular weight is 408 g/mol. The van der Waals surface area contributed by atoms with E-state index in [1.54, 1.807) is 0 Å². The summed E-state index contributed by atoms with van der Waals surface area (Å²) < 4.78 is 0. The summed E-state index contributed by atoms with van der Waals surface area (Å²) in [6, 6.07) is 10.7. The molecule has 10 heteroatoms. The van der Waals surface area contributed by atoms with Gasteiger partial charge in [0.2, 0.25) is 0 Å². The summed E-state index contributed by atoms with van der Waals surface area (Å²) in [6.07, 6.45) is 2.23. The topological polar surface area (TPSA) is 164 Å². The zero-order valence-electron chi connectivity index (χ0n) is 15.6. The molecule has 2 rings (SSSR count). The smallest absolute Gasteiger partial charge is 0.328 e. The number of piperazine rings is 1. The molecule has 0 radical (unpaired) electrons. The lowest BCUT2D eigenvalue weighted by atomic mass is 10.2. The molecule has 1 heterocycles. The first-order chi connectivity index (χ1) is 13.7. The van der Waals surface area contributed by atoms with Crippen LogP contribution < -0.4 is 5.32 Å². The molecule has 0 aromatic heterocycles. The van der Waals surface area contributed by atoms with E-state index < -0.39 is 23.9 Å². The van der Waals surface area contributed by atoms with Crippen molar-refractivity contribution in [3.8, 4) is 0 Å². The molecule has 29 heavy (non-hydrogen) atoms. The Hall–Kier alpha value is -3.50. The molecule has 1 aromatic rings. The van der Waals surface area contributed by atoms with E-state index in [4.69, 9.17) is 20.4 Å². The third-order valence-electron chi connectivity index (χ3n) is 3.20. The lowest BCUT2D eigenvalue weighted by Crippen LogP contribution is -2.42. The van der Waals surface area contributed by atoms with Crippen molar-refractivity contribution in [1.29, 1.82) is 0 Å². The summed E-state index contributed by atoms with van der Waals surface area (Å²) in [5.41, 5.74) is 1.42. The van der Waals surface area contributed by atoms with Gasteiger partial charge in [-0.15, -0.1) is 0 Å². The number of benzene rings is 1. The minimum Gasteiger partial charge on any atom is -0.478 e. The molecular formula is C19H24N2O8. The molecule has 0 bridgehead atoms. The van der Waals surface area contributed by atoms with Crippen molar-refractivity contribution in [3.05, 3.63) is 60.2 Å². The van der Waals surface area contributed by atoms with Crippen LogP contribution in [0.1, 0.15) is 5.56 Å². The average Bonchev–Trinajstić information content (AvgIpc) is 2.67. The molecular weight excluding hydrogens is 384 g/mol. The van der Waals surface area contributed by atoms with Crippen molar-refractivity contribution in [2.45, 2.75) is 6.54 Å². The molecule has 0 spiro atoms. The van der Waals surface area contributed by atoms with E-state index in [0.29, 0.717) is 24.3 Å². The Balaban J connectivity index is 0.000000432. The fourth-order valence-electron chi connectivity index (χ4n) is 2.00. The van der Waals surface area contributed by atoms with Gasteiger partial charge in [0.05, 0.1) is 0 Å². The van der Waals surface area contributed by atoms with E-state index in [-0.39, 0.29) is 0 Å². The summed E-state index contributed by atoms with van der Waals surface area (Å²) in [6.45, 7) is 5.71. The fourth-order valence-corrected chi connectivity index (χ4v) is 2.00.